The standard InChI is InChI=1S/C12H18N2O2/c1-14-10-6-3-2-5-9(10)13-11(14)7-4-8-12(15)16/h5-6,11,13H,2-4,7-8H2,1H3,(H,15,16). The first-order valence-corrected chi connectivity index (χ1v) is 5.80. The highest BCUT2D eigenvalue weighted by atomic mass is 16.4. The van der Waals surface area contributed by atoms with Crippen molar-refractivity contribution in [3.8, 4) is 0 Å². The molecule has 1 aliphatic heterocycles. The van der Waals surface area contributed by atoms with Gasteiger partial charge < -0.3 is 15.3 Å². The maximum atomic E-state index is 10.4. The van der Waals surface area contributed by atoms with E-state index in [4.69, 9.17) is 5.11 Å². The average Bonchev–Trinajstić information content (AvgIpc) is 2.56. The molecule has 1 aliphatic carbocycles. The van der Waals surface area contributed by atoms with Gasteiger partial charge in [0.2, 0.25) is 0 Å². The highest BCUT2D eigenvalue weighted by Gasteiger charge is 2.28. The van der Waals surface area contributed by atoms with Gasteiger partial charge in [-0.15, -0.1) is 0 Å². The molecule has 88 valence electrons. The van der Waals surface area contributed by atoms with E-state index in [1.165, 1.54) is 11.4 Å². The van der Waals surface area contributed by atoms with Crippen LogP contribution in [0.4, 0.5) is 0 Å². The van der Waals surface area contributed by atoms with Crippen molar-refractivity contribution < 1.29 is 9.90 Å². The van der Waals surface area contributed by atoms with Gasteiger partial charge in [0.05, 0.1) is 17.6 Å². The molecule has 0 amide bonds. The molecule has 1 heterocycles. The summed E-state index contributed by atoms with van der Waals surface area (Å²) in [5, 5.41) is 12.0. The Morgan fingerprint density at radius 2 is 2.31 bits per heavy atom. The van der Waals surface area contributed by atoms with Gasteiger partial charge in [-0.25, -0.2) is 0 Å². The number of nitrogens with one attached hydrogen (secondary N) is 1. The number of aliphatic carboxylic acids is 1. The van der Waals surface area contributed by atoms with Gasteiger partial charge in [-0.05, 0) is 25.7 Å². The molecule has 0 spiro atoms. The summed E-state index contributed by atoms with van der Waals surface area (Å²) in [6.45, 7) is 0. The van der Waals surface area contributed by atoms with Crippen molar-refractivity contribution in [2.24, 2.45) is 0 Å². The SMILES string of the molecule is CN1C2=CCCC=C2NC1CCCC(=O)O. The third-order valence-corrected chi connectivity index (χ3v) is 3.17. The van der Waals surface area contributed by atoms with E-state index in [-0.39, 0.29) is 12.6 Å². The van der Waals surface area contributed by atoms with Crippen molar-refractivity contribution in [1.82, 2.24) is 10.2 Å². The molecule has 0 aromatic rings. The maximum Gasteiger partial charge on any atom is 0.303 e. The molecule has 2 rings (SSSR count). The molecule has 0 aromatic heterocycles. The van der Waals surface area contributed by atoms with Gasteiger partial charge in [-0.2, -0.15) is 0 Å². The lowest BCUT2D eigenvalue weighted by Crippen LogP contribution is -2.32. The van der Waals surface area contributed by atoms with Crippen LogP contribution >= 0.6 is 0 Å². The monoisotopic (exact) mass is 222 g/mol. The second-order valence-electron chi connectivity index (χ2n) is 4.34. The summed E-state index contributed by atoms with van der Waals surface area (Å²) < 4.78 is 0. The number of carboxylic acids is 1. The van der Waals surface area contributed by atoms with Crippen LogP contribution in [0.2, 0.25) is 0 Å². The molecule has 1 fully saturated rings. The molecule has 2 N–H and O–H groups in total. The van der Waals surface area contributed by atoms with E-state index in [1.807, 2.05) is 0 Å². The number of allylic oxidation sites excluding steroid dienone is 2. The smallest absolute Gasteiger partial charge is 0.303 e. The molecule has 0 aromatic carbocycles. The van der Waals surface area contributed by atoms with Crippen molar-refractivity contribution in [2.45, 2.75) is 38.3 Å². The normalized spacial score (nSPS) is 23.3. The van der Waals surface area contributed by atoms with E-state index in [0.717, 1.165) is 25.7 Å². The Hall–Kier alpha value is -1.45. The number of carbonyl (C=O) groups is 1. The Labute approximate surface area is 95.6 Å². The van der Waals surface area contributed by atoms with Crippen molar-refractivity contribution >= 4 is 5.97 Å². The highest BCUT2D eigenvalue weighted by Crippen LogP contribution is 2.28. The molecular weight excluding hydrogens is 204 g/mol. The first-order valence-electron chi connectivity index (χ1n) is 5.80. The van der Waals surface area contributed by atoms with Crippen LogP contribution in [0.25, 0.3) is 0 Å². The highest BCUT2D eigenvalue weighted by molar-refractivity contribution is 5.66. The number of carboxylic acid groups (broad SMARTS) is 1. The van der Waals surface area contributed by atoms with Crippen molar-refractivity contribution in [1.29, 1.82) is 0 Å². The minimum atomic E-state index is -0.712. The second-order valence-corrected chi connectivity index (χ2v) is 4.34. The maximum absolute atomic E-state index is 10.4. The molecule has 1 unspecified atom stereocenters. The minimum Gasteiger partial charge on any atom is -0.481 e. The molecule has 1 atom stereocenters. The van der Waals surface area contributed by atoms with Gasteiger partial charge in [-0.1, -0.05) is 12.2 Å². The summed E-state index contributed by atoms with van der Waals surface area (Å²) in [6, 6.07) is 0. The summed E-state index contributed by atoms with van der Waals surface area (Å²) in [6.07, 6.45) is 8.78. The topological polar surface area (TPSA) is 52.6 Å². The number of likely N-dealkylation sites (N-methyl/N-ethyl adjacent to an activating group) is 1. The summed E-state index contributed by atoms with van der Waals surface area (Å²) in [5.74, 6) is -0.712. The molecule has 0 radical (unpaired) electrons. The molecule has 0 saturated carbocycles. The Bertz CT molecular complexity index is 347. The summed E-state index contributed by atoms with van der Waals surface area (Å²) in [5.41, 5.74) is 2.49. The predicted molar refractivity (Wildman–Crippen MR) is 61.6 cm³/mol. The van der Waals surface area contributed by atoms with Gasteiger partial charge >= 0.3 is 5.97 Å². The van der Waals surface area contributed by atoms with Gasteiger partial charge in [0, 0.05) is 13.5 Å². The van der Waals surface area contributed by atoms with Crippen molar-refractivity contribution in [3.05, 3.63) is 23.5 Å². The quantitative estimate of drug-likeness (QED) is 0.759. The van der Waals surface area contributed by atoms with Crippen LogP contribution in [0.15, 0.2) is 23.5 Å². The number of rotatable bonds is 4. The number of fused-ring (bicyclic) bond motifs is 1. The molecule has 1 saturated heterocycles. The van der Waals surface area contributed by atoms with Crippen molar-refractivity contribution in [3.63, 3.8) is 0 Å². The number of nitrogens with zero attached hydrogens (tertiary/aromatic N) is 1. The van der Waals surface area contributed by atoms with Crippen LogP contribution in [0.1, 0.15) is 32.1 Å². The molecule has 0 bridgehead atoms. The fourth-order valence-electron chi connectivity index (χ4n) is 2.29. The second kappa shape index (κ2) is 4.60. The fourth-order valence-corrected chi connectivity index (χ4v) is 2.29. The van der Waals surface area contributed by atoms with Gasteiger partial charge in [0.1, 0.15) is 0 Å². The largest absolute Gasteiger partial charge is 0.481 e. The zero-order chi connectivity index (χ0) is 11.5. The first kappa shape index (κ1) is 11.0. The number of hydrogen-bond donors (Lipinski definition) is 2. The lowest BCUT2D eigenvalue weighted by molar-refractivity contribution is -0.137. The molecule has 4 heteroatoms. The molecule has 2 aliphatic rings. The minimum absolute atomic E-state index is 0.254. The van der Waals surface area contributed by atoms with E-state index in [9.17, 15) is 4.79 Å². The Morgan fingerprint density at radius 1 is 1.56 bits per heavy atom. The fraction of sp³-hybridized carbons (Fsp3) is 0.583. The molecular formula is C12H18N2O2. The van der Waals surface area contributed by atoms with Crippen LogP contribution in [0, 0.1) is 0 Å². The van der Waals surface area contributed by atoms with Crippen LogP contribution in [0.3, 0.4) is 0 Å². The van der Waals surface area contributed by atoms with Crippen molar-refractivity contribution in [2.75, 3.05) is 7.05 Å². The first-order chi connectivity index (χ1) is 7.68. The van der Waals surface area contributed by atoms with E-state index in [2.05, 4.69) is 29.4 Å². The Balaban J connectivity index is 1.91. The Morgan fingerprint density at radius 3 is 3.00 bits per heavy atom. The van der Waals surface area contributed by atoms with E-state index in [1.54, 1.807) is 0 Å². The third kappa shape index (κ3) is 2.21. The predicted octanol–water partition coefficient (Wildman–Crippen LogP) is 1.66. The van der Waals surface area contributed by atoms with Crippen LogP contribution in [-0.4, -0.2) is 29.2 Å². The molecule has 4 nitrogen and oxygen atoms in total. The van der Waals surface area contributed by atoms with E-state index in [0.29, 0.717) is 0 Å². The molecule has 16 heavy (non-hydrogen) atoms. The van der Waals surface area contributed by atoms with Gasteiger partial charge in [0.25, 0.3) is 0 Å². The van der Waals surface area contributed by atoms with Crippen LogP contribution in [-0.2, 0) is 4.79 Å². The van der Waals surface area contributed by atoms with Gasteiger partial charge in [0.15, 0.2) is 0 Å². The van der Waals surface area contributed by atoms with E-state index < -0.39 is 5.97 Å². The van der Waals surface area contributed by atoms with Crippen LogP contribution in [0.5, 0.6) is 0 Å². The Kier molecular flexibility index (Phi) is 3.17. The lowest BCUT2D eigenvalue weighted by Gasteiger charge is -2.21. The lowest BCUT2D eigenvalue weighted by atomic mass is 10.1. The van der Waals surface area contributed by atoms with Crippen LogP contribution < -0.4 is 5.32 Å². The summed E-state index contributed by atoms with van der Waals surface area (Å²) in [4.78, 5) is 12.7. The van der Waals surface area contributed by atoms with E-state index >= 15 is 0 Å². The zero-order valence-electron chi connectivity index (χ0n) is 9.57. The number of hydrogen-bond acceptors (Lipinski definition) is 3. The average molecular weight is 222 g/mol. The zero-order valence-corrected chi connectivity index (χ0v) is 9.57. The third-order valence-electron chi connectivity index (χ3n) is 3.17. The van der Waals surface area contributed by atoms with Gasteiger partial charge in [-0.3, -0.25) is 4.79 Å². The summed E-state index contributed by atoms with van der Waals surface area (Å²) in [7, 11) is 2.07. The summed E-state index contributed by atoms with van der Waals surface area (Å²) >= 11 is 0.